The van der Waals surface area contributed by atoms with Crippen molar-refractivity contribution in [3.05, 3.63) is 35.6 Å². The van der Waals surface area contributed by atoms with E-state index in [-0.39, 0.29) is 22.2 Å². The molecule has 106 valence electrons. The van der Waals surface area contributed by atoms with Gasteiger partial charge in [0.15, 0.2) is 5.76 Å². The third kappa shape index (κ3) is 3.18. The molecular weight excluding hydrogens is 303 g/mol. The molecule has 2 aromatic rings. The lowest BCUT2D eigenvalue weighted by atomic mass is 10.1. The highest BCUT2D eigenvalue weighted by Crippen LogP contribution is 2.37. The molecule has 0 bridgehead atoms. The van der Waals surface area contributed by atoms with Crippen molar-refractivity contribution < 1.29 is 17.6 Å². The molecule has 0 saturated carbocycles. The van der Waals surface area contributed by atoms with Crippen molar-refractivity contribution in [2.45, 2.75) is 11.2 Å². The van der Waals surface area contributed by atoms with Gasteiger partial charge in [0.05, 0.1) is 29.2 Å². The fraction of sp³-hybridized carbons (Fsp3) is 0.154. The number of nitriles is 2. The van der Waals surface area contributed by atoms with Crippen molar-refractivity contribution in [3.63, 3.8) is 0 Å². The van der Waals surface area contributed by atoms with Crippen LogP contribution in [0.4, 0.5) is 13.2 Å². The average Bonchev–Trinajstić information content (AvgIpc) is 2.97. The largest absolute Gasteiger partial charge is 0.463 e. The lowest BCUT2D eigenvalue weighted by molar-refractivity contribution is -0.138. The first kappa shape index (κ1) is 14.9. The highest BCUT2D eigenvalue weighted by atomic mass is 32.2. The average molecular weight is 309 g/mol. The van der Waals surface area contributed by atoms with E-state index in [1.807, 2.05) is 0 Å². The minimum absolute atomic E-state index is 0.0354. The second-order valence-corrected chi connectivity index (χ2v) is 4.73. The molecule has 0 aliphatic rings. The molecule has 0 N–H and O–H groups in total. The fourth-order valence-corrected chi connectivity index (χ4v) is 2.27. The zero-order valence-corrected chi connectivity index (χ0v) is 11.1. The van der Waals surface area contributed by atoms with Crippen molar-refractivity contribution in [1.82, 2.24) is 4.98 Å². The van der Waals surface area contributed by atoms with Crippen molar-refractivity contribution in [2.24, 2.45) is 0 Å². The number of pyridine rings is 1. The molecule has 0 aliphatic heterocycles. The molecule has 0 spiro atoms. The SMILES string of the molecule is N#CCSc1nc(-c2ccco2)cc(C(F)(F)F)c1C#N. The maximum Gasteiger partial charge on any atom is 0.417 e. The molecule has 0 radical (unpaired) electrons. The van der Waals surface area contributed by atoms with Crippen LogP contribution in [0.1, 0.15) is 11.1 Å². The van der Waals surface area contributed by atoms with E-state index < -0.39 is 17.3 Å². The predicted molar refractivity (Wildman–Crippen MR) is 68.0 cm³/mol. The van der Waals surface area contributed by atoms with Crippen LogP contribution in [-0.4, -0.2) is 10.7 Å². The molecule has 4 nitrogen and oxygen atoms in total. The van der Waals surface area contributed by atoms with Crippen LogP contribution in [0.15, 0.2) is 33.9 Å². The molecule has 2 rings (SSSR count). The second kappa shape index (κ2) is 5.90. The van der Waals surface area contributed by atoms with E-state index in [1.54, 1.807) is 6.07 Å². The Bertz CT molecular complexity index is 727. The number of alkyl halides is 3. The summed E-state index contributed by atoms with van der Waals surface area (Å²) in [7, 11) is 0. The van der Waals surface area contributed by atoms with Gasteiger partial charge in [0.25, 0.3) is 0 Å². The monoisotopic (exact) mass is 309 g/mol. The summed E-state index contributed by atoms with van der Waals surface area (Å²) >= 11 is 0.777. The summed E-state index contributed by atoms with van der Waals surface area (Å²) < 4.78 is 44.3. The van der Waals surface area contributed by atoms with Crippen LogP contribution < -0.4 is 0 Å². The zero-order chi connectivity index (χ0) is 15.5. The number of furan rings is 1. The molecule has 21 heavy (non-hydrogen) atoms. The van der Waals surface area contributed by atoms with E-state index in [4.69, 9.17) is 14.9 Å². The minimum Gasteiger partial charge on any atom is -0.463 e. The van der Waals surface area contributed by atoms with E-state index in [9.17, 15) is 13.2 Å². The molecule has 0 atom stereocenters. The molecular formula is C13H6F3N3OS. The van der Waals surface area contributed by atoms with Gasteiger partial charge in [-0.15, -0.1) is 0 Å². The van der Waals surface area contributed by atoms with Gasteiger partial charge in [-0.2, -0.15) is 23.7 Å². The van der Waals surface area contributed by atoms with Crippen LogP contribution in [0.2, 0.25) is 0 Å². The first-order chi connectivity index (χ1) is 9.97. The minimum atomic E-state index is -4.70. The lowest BCUT2D eigenvalue weighted by Gasteiger charge is -2.12. The number of nitrogens with zero attached hydrogens (tertiary/aromatic N) is 3. The van der Waals surface area contributed by atoms with Gasteiger partial charge in [0.2, 0.25) is 0 Å². The van der Waals surface area contributed by atoms with Crippen LogP contribution >= 0.6 is 11.8 Å². The van der Waals surface area contributed by atoms with Crippen LogP contribution in [0.3, 0.4) is 0 Å². The van der Waals surface area contributed by atoms with Gasteiger partial charge in [-0.25, -0.2) is 4.98 Å². The summed E-state index contributed by atoms with van der Waals surface area (Å²) in [4.78, 5) is 3.99. The molecule has 2 aromatic heterocycles. The highest BCUT2D eigenvalue weighted by molar-refractivity contribution is 7.99. The van der Waals surface area contributed by atoms with E-state index in [0.717, 1.165) is 17.8 Å². The molecule has 0 amide bonds. The Morgan fingerprint density at radius 3 is 2.62 bits per heavy atom. The normalized spacial score (nSPS) is 10.9. The lowest BCUT2D eigenvalue weighted by Crippen LogP contribution is -2.10. The van der Waals surface area contributed by atoms with Crippen molar-refractivity contribution in [1.29, 1.82) is 10.5 Å². The Morgan fingerprint density at radius 2 is 2.10 bits per heavy atom. The maximum atomic E-state index is 13.1. The van der Waals surface area contributed by atoms with Crippen LogP contribution in [0, 0.1) is 22.7 Å². The summed E-state index contributed by atoms with van der Waals surface area (Å²) in [5, 5.41) is 17.4. The highest BCUT2D eigenvalue weighted by Gasteiger charge is 2.36. The van der Waals surface area contributed by atoms with Crippen molar-refractivity contribution in [2.75, 3.05) is 5.75 Å². The van der Waals surface area contributed by atoms with Gasteiger partial charge in [-0.1, -0.05) is 11.8 Å². The molecule has 0 aromatic carbocycles. The van der Waals surface area contributed by atoms with Gasteiger partial charge in [0.1, 0.15) is 16.8 Å². The topological polar surface area (TPSA) is 73.6 Å². The Labute approximate surface area is 121 Å². The fourth-order valence-electron chi connectivity index (χ4n) is 1.61. The van der Waals surface area contributed by atoms with Gasteiger partial charge < -0.3 is 4.42 Å². The summed E-state index contributed by atoms with van der Waals surface area (Å²) in [6.45, 7) is 0. The van der Waals surface area contributed by atoms with E-state index in [1.165, 1.54) is 24.5 Å². The molecule has 2 heterocycles. The number of halogens is 3. The summed E-state index contributed by atoms with van der Waals surface area (Å²) in [6.07, 6.45) is -3.39. The number of aromatic nitrogens is 1. The number of hydrogen-bond donors (Lipinski definition) is 0. The molecule has 0 aliphatic carbocycles. The quantitative estimate of drug-likeness (QED) is 0.805. The Balaban J connectivity index is 2.66. The standard InChI is InChI=1S/C13H6F3N3OS/c14-13(15,16)9-6-10(11-2-1-4-20-11)19-12(8(9)7-18)21-5-3-17/h1-2,4,6H,5H2. The van der Waals surface area contributed by atoms with Crippen LogP contribution in [0.5, 0.6) is 0 Å². The van der Waals surface area contributed by atoms with Crippen molar-refractivity contribution in [3.8, 4) is 23.6 Å². The van der Waals surface area contributed by atoms with E-state index >= 15 is 0 Å². The summed E-state index contributed by atoms with van der Waals surface area (Å²) in [6, 6.07) is 7.05. The maximum absolute atomic E-state index is 13.1. The van der Waals surface area contributed by atoms with Gasteiger partial charge in [0, 0.05) is 0 Å². The Kier molecular flexibility index (Phi) is 4.20. The molecule has 0 saturated heterocycles. The second-order valence-electron chi connectivity index (χ2n) is 3.77. The summed E-state index contributed by atoms with van der Waals surface area (Å²) in [5.41, 5.74) is -1.71. The number of rotatable bonds is 3. The first-order valence-corrected chi connectivity index (χ1v) is 6.52. The number of thioether (sulfide) groups is 1. The Morgan fingerprint density at radius 1 is 1.33 bits per heavy atom. The third-order valence-electron chi connectivity index (χ3n) is 2.45. The predicted octanol–water partition coefficient (Wildman–Crippen LogP) is 3.85. The van der Waals surface area contributed by atoms with Gasteiger partial charge >= 0.3 is 6.18 Å². The summed E-state index contributed by atoms with van der Waals surface area (Å²) in [5.74, 6) is 0.0458. The molecule has 8 heteroatoms. The first-order valence-electron chi connectivity index (χ1n) is 5.53. The molecule has 0 unspecified atom stereocenters. The smallest absolute Gasteiger partial charge is 0.417 e. The Hall–Kier alpha value is -2.45. The van der Waals surface area contributed by atoms with Gasteiger partial charge in [-0.05, 0) is 18.2 Å². The van der Waals surface area contributed by atoms with E-state index in [0.29, 0.717) is 0 Å². The van der Waals surface area contributed by atoms with Crippen LogP contribution in [-0.2, 0) is 6.18 Å². The van der Waals surface area contributed by atoms with Crippen LogP contribution in [0.25, 0.3) is 11.5 Å². The zero-order valence-electron chi connectivity index (χ0n) is 10.3. The third-order valence-corrected chi connectivity index (χ3v) is 3.29. The molecule has 0 fully saturated rings. The number of hydrogen-bond acceptors (Lipinski definition) is 5. The van der Waals surface area contributed by atoms with Crippen molar-refractivity contribution >= 4 is 11.8 Å². The van der Waals surface area contributed by atoms with E-state index in [2.05, 4.69) is 4.98 Å². The van der Waals surface area contributed by atoms with Gasteiger partial charge in [-0.3, -0.25) is 0 Å².